The van der Waals surface area contributed by atoms with E-state index in [4.69, 9.17) is 9.97 Å². The summed E-state index contributed by atoms with van der Waals surface area (Å²) in [5.74, 6) is -2.49. The molecule has 0 fully saturated rings. The lowest BCUT2D eigenvalue weighted by Crippen LogP contribution is -2.13. The molecule has 8 aromatic carbocycles. The van der Waals surface area contributed by atoms with Gasteiger partial charge in [-0.25, -0.2) is 9.97 Å². The smallest absolute Gasteiger partial charge is 0.255 e. The van der Waals surface area contributed by atoms with Crippen LogP contribution in [0.2, 0.25) is 0 Å². The van der Waals surface area contributed by atoms with Crippen molar-refractivity contribution in [2.24, 2.45) is 0 Å². The van der Waals surface area contributed by atoms with Crippen LogP contribution in [0.4, 0.5) is 22.7 Å². The van der Waals surface area contributed by atoms with Gasteiger partial charge in [0.05, 0.1) is 49.0 Å². The number of aromatic nitrogens is 12. The zero-order chi connectivity index (χ0) is 76.3. The number of nitrogens with zero attached hydrogens (tertiary/aromatic N) is 10. The van der Waals surface area contributed by atoms with Crippen molar-refractivity contribution in [3.05, 3.63) is 335 Å². The van der Waals surface area contributed by atoms with Crippen LogP contribution in [0.5, 0.6) is 23.0 Å². The van der Waals surface area contributed by atoms with Crippen LogP contribution >= 0.6 is 0 Å². The highest BCUT2D eigenvalue weighted by molar-refractivity contribution is 6.13. The molecular formula is C88H66N16O8. The van der Waals surface area contributed by atoms with Gasteiger partial charge in [0.1, 0.15) is 23.0 Å². The molecule has 546 valence electrons. The van der Waals surface area contributed by atoms with Gasteiger partial charge in [-0.05, 0) is 216 Å². The first-order valence-corrected chi connectivity index (χ1v) is 35.7. The molecular weight excluding hydrogens is 1410 g/mol. The lowest BCUT2D eigenvalue weighted by molar-refractivity contribution is 0.101. The average Bonchev–Trinajstić information content (AvgIpc) is 1.61. The Morgan fingerprint density at radius 1 is 0.295 bits per heavy atom. The number of aromatic amines is 2. The van der Waals surface area contributed by atoms with Gasteiger partial charge in [-0.3, -0.25) is 37.9 Å². The first-order chi connectivity index (χ1) is 54.7. The van der Waals surface area contributed by atoms with Crippen molar-refractivity contribution < 1.29 is 39.6 Å². The zero-order valence-corrected chi connectivity index (χ0v) is 59.4. The summed E-state index contributed by atoms with van der Waals surface area (Å²) in [6.45, 7) is 1.60. The molecule has 17 rings (SSSR count). The average molecular weight is 1480 g/mol. The number of hydrogen-bond acceptors (Lipinski definition) is 14. The molecule has 0 spiro atoms. The Morgan fingerprint density at radius 3 is 0.759 bits per heavy atom. The van der Waals surface area contributed by atoms with Gasteiger partial charge in [-0.1, -0.05) is 48.5 Å². The van der Waals surface area contributed by atoms with E-state index in [0.717, 1.165) is 22.3 Å². The molecule has 24 heteroatoms. The van der Waals surface area contributed by atoms with Crippen molar-refractivity contribution in [3.63, 3.8) is 0 Å². The second-order valence-corrected chi connectivity index (χ2v) is 26.9. The van der Waals surface area contributed by atoms with Gasteiger partial charge in [-0.2, -0.15) is 20.4 Å². The first kappa shape index (κ1) is 69.3. The number of aromatic hydroxyl groups is 4. The molecule has 24 nitrogen and oxygen atoms in total. The fourth-order valence-corrected chi connectivity index (χ4v) is 14.1. The molecule has 0 saturated heterocycles. The Morgan fingerprint density at radius 2 is 0.536 bits per heavy atom. The maximum atomic E-state index is 14.8. The van der Waals surface area contributed by atoms with Gasteiger partial charge in [0, 0.05) is 161 Å². The third kappa shape index (κ3) is 14.7. The van der Waals surface area contributed by atoms with Crippen molar-refractivity contribution in [2.45, 2.75) is 26.2 Å². The molecule has 2 aliphatic heterocycles. The molecule has 0 unspecified atom stereocenters. The first-order valence-electron chi connectivity index (χ1n) is 35.7. The minimum absolute atomic E-state index is 0.157. The summed E-state index contributed by atoms with van der Waals surface area (Å²) in [4.78, 5) is 77.7. The Hall–Kier alpha value is -15.7. The molecule has 2 aliphatic rings. The summed E-state index contributed by atoms with van der Waals surface area (Å²) >= 11 is 0. The number of carbonyl (C=O) groups excluding carboxylic acids is 4. The van der Waals surface area contributed by atoms with E-state index < -0.39 is 23.6 Å². The lowest BCUT2D eigenvalue weighted by Gasteiger charge is -2.15. The summed E-state index contributed by atoms with van der Waals surface area (Å²) in [5, 5.41) is 77.1. The molecule has 9 heterocycles. The predicted molar refractivity (Wildman–Crippen MR) is 430 cm³/mol. The third-order valence-electron chi connectivity index (χ3n) is 19.2. The van der Waals surface area contributed by atoms with Crippen LogP contribution in [0.25, 0.3) is 90.9 Å². The molecule has 8 bridgehead atoms. The molecule has 4 amide bonds. The highest BCUT2D eigenvalue weighted by Crippen LogP contribution is 2.46. The van der Waals surface area contributed by atoms with E-state index in [0.29, 0.717) is 138 Å². The number of anilines is 4. The monoisotopic (exact) mass is 1470 g/mol. The van der Waals surface area contributed by atoms with E-state index in [2.05, 4.69) is 51.6 Å². The van der Waals surface area contributed by atoms with Gasteiger partial charge in [-0.15, -0.1) is 0 Å². The summed E-state index contributed by atoms with van der Waals surface area (Å²) in [6, 6.07) is 61.7. The van der Waals surface area contributed by atoms with Crippen LogP contribution in [0, 0.1) is 0 Å². The van der Waals surface area contributed by atoms with Crippen LogP contribution in [-0.2, 0) is 26.2 Å². The Bertz CT molecular complexity index is 5670. The van der Waals surface area contributed by atoms with Crippen LogP contribution in [0.15, 0.2) is 268 Å². The maximum Gasteiger partial charge on any atom is 0.255 e. The fourth-order valence-electron chi connectivity index (χ4n) is 14.1. The molecule has 0 radical (unpaired) electrons. The van der Waals surface area contributed by atoms with Gasteiger partial charge >= 0.3 is 0 Å². The standard InChI is InChI=1S/C88H66N16O8/c105-61-17-21-69(97-85(109)57-13-1-9-53(41-57)49-101-37-5-33-89-101)65(45-61)81-73-25-27-75(93-73)82(66-46-62(106)18-22-70(66)98-86(110)58-14-2-10-54(42-58)50-102-38-6-34-90-102)77-29-31-79(95-77)84(68-48-64(108)20-24-72(68)100-88(112)60-16-4-12-56(44-60)52-104-40-8-36-92-104)80-32-30-78(96-80)83(76-28-26-74(81)94-76)67-47-63(107)19-23-71(67)99-87(111)59-15-3-11-55(43-59)51-103-39-7-35-91-103/h1-48,93,96,105-108H,49-52H2,(H,97,109)(H,98,110)(H,99,111)(H,100,112). The minimum Gasteiger partial charge on any atom is -0.508 e. The highest BCUT2D eigenvalue weighted by atomic mass is 16.3. The minimum atomic E-state index is -0.465. The van der Waals surface area contributed by atoms with Gasteiger partial charge < -0.3 is 51.7 Å². The summed E-state index contributed by atoms with van der Waals surface area (Å²) in [5.41, 5.74) is 11.2. The Balaban J connectivity index is 0.905. The van der Waals surface area contributed by atoms with Crippen molar-refractivity contribution in [1.82, 2.24) is 59.1 Å². The second kappa shape index (κ2) is 29.9. The molecule has 15 aromatic rings. The number of amides is 4. The van der Waals surface area contributed by atoms with Crippen molar-refractivity contribution in [2.75, 3.05) is 21.3 Å². The van der Waals surface area contributed by atoms with E-state index in [1.165, 1.54) is 48.5 Å². The van der Waals surface area contributed by atoms with E-state index in [1.807, 2.05) is 97.6 Å². The van der Waals surface area contributed by atoms with Gasteiger partial charge in [0.2, 0.25) is 0 Å². The van der Waals surface area contributed by atoms with Crippen LogP contribution in [0.1, 0.15) is 86.5 Å². The van der Waals surface area contributed by atoms with E-state index >= 15 is 0 Å². The van der Waals surface area contributed by atoms with E-state index in [1.54, 1.807) is 165 Å². The number of phenols is 4. The van der Waals surface area contributed by atoms with Gasteiger partial charge in [0.15, 0.2) is 0 Å². The molecule has 0 saturated carbocycles. The number of nitrogens with one attached hydrogen (secondary N) is 6. The summed E-state index contributed by atoms with van der Waals surface area (Å²) in [6.07, 6.45) is 21.2. The Labute approximate surface area is 638 Å². The molecule has 0 aliphatic carbocycles. The Kier molecular flexibility index (Phi) is 18.5. The SMILES string of the molecule is O=C(Nc1ccc(O)cc1-c1c2nc(c(-c3cc(O)ccc3NC(=O)c3cccc(Cn4cccn4)c3)c3ccc([nH]3)c(-c3cc(O)ccc3NC(=O)c3cccc(Cn4cccn4)c3)c3nc(c(-c4cc(O)ccc4NC(=O)c4cccc(Cn5cccn5)c4)c4ccc1[nH]4)C=C3)C=C2)c1cccc(Cn2cccn2)c1. The lowest BCUT2D eigenvalue weighted by atomic mass is 10.0. The van der Waals surface area contributed by atoms with Crippen molar-refractivity contribution >= 4 is 92.7 Å². The van der Waals surface area contributed by atoms with Crippen molar-refractivity contribution in [1.29, 1.82) is 0 Å². The quantitative estimate of drug-likeness (QED) is 0.0317. The van der Waals surface area contributed by atoms with E-state index in [9.17, 15) is 39.6 Å². The van der Waals surface area contributed by atoms with Crippen LogP contribution in [-0.4, -0.2) is 103 Å². The molecule has 112 heavy (non-hydrogen) atoms. The predicted octanol–water partition coefficient (Wildman–Crippen LogP) is 16.1. The molecule has 10 N–H and O–H groups in total. The number of fused-ring (bicyclic) bond motifs is 8. The number of hydrogen-bond donors (Lipinski definition) is 10. The maximum absolute atomic E-state index is 14.8. The number of carbonyl (C=O) groups is 4. The number of benzene rings is 8. The van der Waals surface area contributed by atoms with Crippen LogP contribution in [0.3, 0.4) is 0 Å². The highest BCUT2D eigenvalue weighted by Gasteiger charge is 2.27. The summed E-state index contributed by atoms with van der Waals surface area (Å²) < 4.78 is 7.02. The normalized spacial score (nSPS) is 11.6. The van der Waals surface area contributed by atoms with E-state index in [-0.39, 0.29) is 45.7 Å². The summed E-state index contributed by atoms with van der Waals surface area (Å²) in [7, 11) is 0. The fraction of sp³-hybridized carbons (Fsp3) is 0.0455. The van der Waals surface area contributed by atoms with Gasteiger partial charge in [0.25, 0.3) is 23.6 Å². The van der Waals surface area contributed by atoms with Crippen molar-refractivity contribution in [3.8, 4) is 67.5 Å². The number of H-pyrrole nitrogens is 2. The topological polar surface area (TPSA) is 326 Å². The molecule has 0 atom stereocenters. The van der Waals surface area contributed by atoms with Crippen LogP contribution < -0.4 is 21.3 Å². The largest absolute Gasteiger partial charge is 0.508 e. The zero-order valence-electron chi connectivity index (χ0n) is 59.4. The molecule has 7 aromatic heterocycles. The number of phenolic OH excluding ortho intramolecular Hbond substituents is 4. The third-order valence-corrected chi connectivity index (χ3v) is 19.2. The second-order valence-electron chi connectivity index (χ2n) is 26.9. The number of rotatable bonds is 20.